The monoisotopic (exact) mass is 396 g/mol. The van der Waals surface area contributed by atoms with Crippen molar-refractivity contribution in [2.45, 2.75) is 6.92 Å². The summed E-state index contributed by atoms with van der Waals surface area (Å²) in [5, 5.41) is 3.01. The van der Waals surface area contributed by atoms with Crippen LogP contribution in [-0.4, -0.2) is 25.2 Å². The number of amides is 3. The average molecular weight is 397 g/mol. The number of terminal acetylenes is 1. The normalized spacial score (nSPS) is 14.8. The van der Waals surface area contributed by atoms with Gasteiger partial charge in [0.25, 0.3) is 5.91 Å². The third kappa shape index (κ3) is 4.11. The summed E-state index contributed by atoms with van der Waals surface area (Å²) in [4.78, 5) is 26.0. The molecular formula is C21H17ClN2O4. The molecule has 3 amide bonds. The van der Waals surface area contributed by atoms with E-state index in [0.717, 1.165) is 4.90 Å². The molecule has 142 valence electrons. The summed E-state index contributed by atoms with van der Waals surface area (Å²) in [6, 6.07) is 11.1. The first-order valence-corrected chi connectivity index (χ1v) is 8.87. The van der Waals surface area contributed by atoms with Gasteiger partial charge >= 0.3 is 6.03 Å². The highest BCUT2D eigenvalue weighted by Crippen LogP contribution is 2.30. The summed E-state index contributed by atoms with van der Waals surface area (Å²) in [6.45, 7) is 2.40. The number of carbonyl (C=O) groups is 2. The molecule has 0 aromatic heterocycles. The van der Waals surface area contributed by atoms with Crippen LogP contribution in [0.1, 0.15) is 12.5 Å². The van der Waals surface area contributed by atoms with Crippen LogP contribution in [0.25, 0.3) is 6.08 Å². The third-order valence-electron chi connectivity index (χ3n) is 3.83. The maximum atomic E-state index is 12.7. The summed E-state index contributed by atoms with van der Waals surface area (Å²) in [7, 11) is 0. The Morgan fingerprint density at radius 2 is 2.00 bits per heavy atom. The fraction of sp³-hybridized carbons (Fsp3) is 0.143. The Kier molecular flexibility index (Phi) is 5.87. The van der Waals surface area contributed by atoms with Crippen LogP contribution in [0, 0.1) is 12.3 Å². The van der Waals surface area contributed by atoms with E-state index in [-0.39, 0.29) is 12.3 Å². The van der Waals surface area contributed by atoms with Crippen LogP contribution in [0.15, 0.2) is 48.2 Å². The van der Waals surface area contributed by atoms with E-state index in [0.29, 0.717) is 34.4 Å². The number of imide groups is 1. The molecule has 0 radical (unpaired) electrons. The Labute approximate surface area is 167 Å². The molecule has 0 saturated carbocycles. The number of rotatable bonds is 6. The summed E-state index contributed by atoms with van der Waals surface area (Å²) >= 11 is 5.96. The SMILES string of the molecule is C#CCOc1ccc(/C=C2\NC(=O)N(c3cccc(Cl)c3)C2=O)cc1OCC. The van der Waals surface area contributed by atoms with Gasteiger partial charge in [-0.15, -0.1) is 6.42 Å². The van der Waals surface area contributed by atoms with E-state index in [1.807, 2.05) is 6.92 Å². The highest BCUT2D eigenvalue weighted by atomic mass is 35.5. The molecule has 0 bridgehead atoms. The molecule has 0 spiro atoms. The molecule has 28 heavy (non-hydrogen) atoms. The van der Waals surface area contributed by atoms with Crippen molar-refractivity contribution in [2.24, 2.45) is 0 Å². The molecule has 0 atom stereocenters. The van der Waals surface area contributed by atoms with Gasteiger partial charge in [0.05, 0.1) is 12.3 Å². The van der Waals surface area contributed by atoms with Crippen LogP contribution >= 0.6 is 11.6 Å². The lowest BCUT2D eigenvalue weighted by atomic mass is 10.1. The fourth-order valence-corrected chi connectivity index (χ4v) is 2.86. The number of nitrogens with one attached hydrogen (secondary N) is 1. The van der Waals surface area contributed by atoms with Gasteiger partial charge in [0.2, 0.25) is 0 Å². The highest BCUT2D eigenvalue weighted by molar-refractivity contribution is 6.32. The number of nitrogens with zero attached hydrogens (tertiary/aromatic N) is 1. The van der Waals surface area contributed by atoms with Gasteiger partial charge < -0.3 is 14.8 Å². The van der Waals surface area contributed by atoms with Crippen LogP contribution in [0.2, 0.25) is 5.02 Å². The summed E-state index contributed by atoms with van der Waals surface area (Å²) in [6.07, 6.45) is 6.79. The Morgan fingerprint density at radius 1 is 1.18 bits per heavy atom. The number of hydrogen-bond acceptors (Lipinski definition) is 4. The number of anilines is 1. The Balaban J connectivity index is 1.89. The molecule has 1 heterocycles. The number of hydrogen-bond donors (Lipinski definition) is 1. The lowest BCUT2D eigenvalue weighted by molar-refractivity contribution is -0.113. The number of benzene rings is 2. The lowest BCUT2D eigenvalue weighted by Gasteiger charge is -2.12. The number of urea groups is 1. The lowest BCUT2D eigenvalue weighted by Crippen LogP contribution is -2.30. The molecule has 3 rings (SSSR count). The largest absolute Gasteiger partial charge is 0.490 e. The number of halogens is 1. The van der Waals surface area contributed by atoms with Crippen molar-refractivity contribution in [3.63, 3.8) is 0 Å². The minimum absolute atomic E-state index is 0.115. The van der Waals surface area contributed by atoms with E-state index in [2.05, 4.69) is 11.2 Å². The predicted molar refractivity (Wildman–Crippen MR) is 107 cm³/mol. The van der Waals surface area contributed by atoms with Gasteiger partial charge in [-0.3, -0.25) is 4.79 Å². The maximum absolute atomic E-state index is 12.7. The molecular weight excluding hydrogens is 380 g/mol. The van der Waals surface area contributed by atoms with Gasteiger partial charge in [-0.2, -0.15) is 0 Å². The van der Waals surface area contributed by atoms with E-state index in [9.17, 15) is 9.59 Å². The zero-order valence-corrected chi connectivity index (χ0v) is 15.8. The second-order valence-corrected chi connectivity index (χ2v) is 6.18. The minimum Gasteiger partial charge on any atom is -0.490 e. The van der Waals surface area contributed by atoms with Gasteiger partial charge in [0.15, 0.2) is 11.5 Å². The van der Waals surface area contributed by atoms with Crippen molar-refractivity contribution in [1.29, 1.82) is 0 Å². The van der Waals surface area contributed by atoms with E-state index >= 15 is 0 Å². The molecule has 1 saturated heterocycles. The van der Waals surface area contributed by atoms with Crippen LogP contribution in [0.4, 0.5) is 10.5 Å². The number of carbonyl (C=O) groups excluding carboxylic acids is 2. The van der Waals surface area contributed by atoms with E-state index in [1.165, 1.54) is 0 Å². The molecule has 0 unspecified atom stereocenters. The van der Waals surface area contributed by atoms with Crippen molar-refractivity contribution in [3.8, 4) is 23.8 Å². The fourth-order valence-electron chi connectivity index (χ4n) is 2.67. The average Bonchev–Trinajstić information content (AvgIpc) is 2.94. The molecule has 1 aliphatic heterocycles. The van der Waals surface area contributed by atoms with Crippen molar-refractivity contribution in [2.75, 3.05) is 18.1 Å². The van der Waals surface area contributed by atoms with E-state index in [4.69, 9.17) is 27.5 Å². The van der Waals surface area contributed by atoms with Gasteiger partial charge in [-0.25, -0.2) is 9.69 Å². The first-order valence-electron chi connectivity index (χ1n) is 8.49. The summed E-state index contributed by atoms with van der Waals surface area (Å²) < 4.78 is 11.0. The molecule has 1 fully saturated rings. The highest BCUT2D eigenvalue weighted by Gasteiger charge is 2.34. The molecule has 6 nitrogen and oxygen atoms in total. The predicted octanol–water partition coefficient (Wildman–Crippen LogP) is 3.85. The quantitative estimate of drug-likeness (QED) is 0.457. The third-order valence-corrected chi connectivity index (χ3v) is 4.07. The van der Waals surface area contributed by atoms with Crippen molar-refractivity contribution in [1.82, 2.24) is 5.32 Å². The van der Waals surface area contributed by atoms with Gasteiger partial charge in [0.1, 0.15) is 12.3 Å². The van der Waals surface area contributed by atoms with Crippen molar-refractivity contribution >= 4 is 35.3 Å². The van der Waals surface area contributed by atoms with Crippen LogP contribution in [0.5, 0.6) is 11.5 Å². The Morgan fingerprint density at radius 3 is 2.71 bits per heavy atom. The standard InChI is InChI=1S/C21H17ClN2O4/c1-3-10-28-18-9-8-14(12-19(18)27-4-2)11-17-20(25)24(21(26)23-17)16-7-5-6-15(22)13-16/h1,5-9,11-13H,4,10H2,2H3,(H,23,26)/b17-11-. The topological polar surface area (TPSA) is 67.9 Å². The van der Waals surface area contributed by atoms with Crippen LogP contribution in [0.3, 0.4) is 0 Å². The Hall–Kier alpha value is -3.43. The summed E-state index contributed by atoms with van der Waals surface area (Å²) in [5.41, 5.74) is 1.20. The Bertz CT molecular complexity index is 994. The molecule has 1 N–H and O–H groups in total. The van der Waals surface area contributed by atoms with Gasteiger partial charge in [0, 0.05) is 5.02 Å². The zero-order chi connectivity index (χ0) is 20.1. The summed E-state index contributed by atoms with van der Waals surface area (Å²) in [5.74, 6) is 2.92. The van der Waals surface area contributed by atoms with Crippen molar-refractivity contribution in [3.05, 3.63) is 58.7 Å². The second kappa shape index (κ2) is 8.51. The van der Waals surface area contributed by atoms with Gasteiger partial charge in [-0.05, 0) is 48.9 Å². The zero-order valence-electron chi connectivity index (χ0n) is 15.1. The maximum Gasteiger partial charge on any atom is 0.333 e. The van der Waals surface area contributed by atoms with Crippen LogP contribution in [-0.2, 0) is 4.79 Å². The molecule has 0 aliphatic carbocycles. The smallest absolute Gasteiger partial charge is 0.333 e. The molecule has 2 aromatic carbocycles. The number of ether oxygens (including phenoxy) is 2. The van der Waals surface area contributed by atoms with E-state index < -0.39 is 11.9 Å². The first-order chi connectivity index (χ1) is 13.5. The molecule has 7 heteroatoms. The van der Waals surface area contributed by atoms with Crippen LogP contribution < -0.4 is 19.7 Å². The molecule has 2 aromatic rings. The van der Waals surface area contributed by atoms with Gasteiger partial charge in [-0.1, -0.05) is 29.7 Å². The molecule has 1 aliphatic rings. The minimum atomic E-state index is -0.544. The van der Waals surface area contributed by atoms with E-state index in [1.54, 1.807) is 48.5 Å². The first kappa shape index (κ1) is 19.3. The van der Waals surface area contributed by atoms with Crippen molar-refractivity contribution < 1.29 is 19.1 Å². The second-order valence-electron chi connectivity index (χ2n) is 5.74.